The van der Waals surface area contributed by atoms with E-state index < -0.39 is 0 Å². The van der Waals surface area contributed by atoms with Crippen LogP contribution in [0.15, 0.2) is 36.5 Å². The number of allylic oxidation sites excluding steroid dienone is 4. The summed E-state index contributed by atoms with van der Waals surface area (Å²) in [6.45, 7) is 9.34. The van der Waals surface area contributed by atoms with E-state index in [4.69, 9.17) is 0 Å². The Hall–Kier alpha value is -0.300. The molecule has 0 aromatic rings. The second-order valence-corrected chi connectivity index (χ2v) is 2.31. The van der Waals surface area contributed by atoms with Crippen molar-refractivity contribution in [3.8, 4) is 0 Å². The maximum absolute atomic E-state index is 3.67. The first kappa shape index (κ1) is 8.70. The highest BCUT2D eigenvalue weighted by Crippen LogP contribution is 2.08. The van der Waals surface area contributed by atoms with Crippen LogP contribution in [0, 0.1) is 0 Å². The van der Waals surface area contributed by atoms with Crippen molar-refractivity contribution in [3.05, 3.63) is 36.5 Å². The number of hydrogen-bond donors (Lipinski definition) is 0. The molecule has 0 aliphatic heterocycles. The Morgan fingerprint density at radius 2 is 2.00 bits per heavy atom. The smallest absolute Gasteiger partial charge is 0.0285 e. The zero-order valence-corrected chi connectivity index (χ0v) is 7.24. The van der Waals surface area contributed by atoms with Crippen LogP contribution < -0.4 is 0 Å². The van der Waals surface area contributed by atoms with E-state index in [2.05, 4.69) is 29.1 Å². The largest absolute Gasteiger partial charge is 0.0988 e. The maximum atomic E-state index is 3.67. The lowest BCUT2D eigenvalue weighted by atomic mass is 10.1. The second-order valence-electron chi connectivity index (χ2n) is 1.75. The third kappa shape index (κ3) is 2.66. The lowest BCUT2D eigenvalue weighted by molar-refractivity contribution is 1.41. The third-order valence-corrected chi connectivity index (χ3v) is 1.81. The maximum Gasteiger partial charge on any atom is 0.0285 e. The number of alkyl halides is 1. The van der Waals surface area contributed by atoms with Crippen molar-refractivity contribution in [3.63, 3.8) is 0 Å². The van der Waals surface area contributed by atoms with Crippen LogP contribution in [0.4, 0.5) is 0 Å². The fraction of sp³-hybridized carbons (Fsp3) is 0.250. The zero-order valence-electron chi connectivity index (χ0n) is 5.65. The molecule has 0 nitrogen and oxygen atoms in total. The van der Waals surface area contributed by atoms with E-state index in [1.807, 2.05) is 19.1 Å². The van der Waals surface area contributed by atoms with Gasteiger partial charge in [0.15, 0.2) is 0 Å². The molecular weight excluding hydrogens is 176 g/mol. The summed E-state index contributed by atoms with van der Waals surface area (Å²) < 4.78 is 0. The summed E-state index contributed by atoms with van der Waals surface area (Å²) in [5.41, 5.74) is 2.38. The molecule has 50 valence electrons. The van der Waals surface area contributed by atoms with Gasteiger partial charge in [0.05, 0.1) is 0 Å². The van der Waals surface area contributed by atoms with Crippen LogP contribution in [-0.2, 0) is 0 Å². The van der Waals surface area contributed by atoms with E-state index in [9.17, 15) is 0 Å². The molecule has 0 aliphatic rings. The Kier molecular flexibility index (Phi) is 4.41. The summed E-state index contributed by atoms with van der Waals surface area (Å²) in [6.07, 6.45) is 3.67. The van der Waals surface area contributed by atoms with Gasteiger partial charge in [-0.3, -0.25) is 0 Å². The van der Waals surface area contributed by atoms with Crippen molar-refractivity contribution < 1.29 is 0 Å². The minimum Gasteiger partial charge on any atom is -0.0988 e. The van der Waals surface area contributed by atoms with Gasteiger partial charge in [-0.25, -0.2) is 0 Å². The lowest BCUT2D eigenvalue weighted by Gasteiger charge is -1.97. The molecular formula is C8H11Br. The quantitative estimate of drug-likeness (QED) is 0.470. The van der Waals surface area contributed by atoms with Gasteiger partial charge in [0.1, 0.15) is 0 Å². The van der Waals surface area contributed by atoms with E-state index in [1.54, 1.807) is 0 Å². The third-order valence-electron chi connectivity index (χ3n) is 1.20. The van der Waals surface area contributed by atoms with E-state index in [1.165, 1.54) is 11.1 Å². The fourth-order valence-electron chi connectivity index (χ4n) is 0.452. The highest BCUT2D eigenvalue weighted by Gasteiger charge is 1.89. The Balaban J connectivity index is 4.36. The molecule has 0 aliphatic carbocycles. The first-order valence-corrected chi connectivity index (χ1v) is 3.89. The van der Waals surface area contributed by atoms with Crippen LogP contribution in [0.5, 0.6) is 0 Å². The Morgan fingerprint density at radius 3 is 2.11 bits per heavy atom. The molecule has 0 aromatic carbocycles. The van der Waals surface area contributed by atoms with Crippen LogP contribution in [0.1, 0.15) is 6.92 Å². The number of halogens is 1. The van der Waals surface area contributed by atoms with Crippen LogP contribution in [0.2, 0.25) is 0 Å². The average Bonchev–Trinajstić information content (AvgIpc) is 1.90. The number of hydrogen-bond acceptors (Lipinski definition) is 0. The van der Waals surface area contributed by atoms with Crippen LogP contribution in [0.25, 0.3) is 0 Å². The van der Waals surface area contributed by atoms with Gasteiger partial charge in [0, 0.05) is 5.33 Å². The topological polar surface area (TPSA) is 0 Å². The monoisotopic (exact) mass is 186 g/mol. The van der Waals surface area contributed by atoms with E-state index >= 15 is 0 Å². The molecule has 0 heterocycles. The van der Waals surface area contributed by atoms with Crippen molar-refractivity contribution in [2.24, 2.45) is 0 Å². The molecule has 0 atom stereocenters. The summed E-state index contributed by atoms with van der Waals surface area (Å²) in [5.74, 6) is 0. The summed E-state index contributed by atoms with van der Waals surface area (Å²) in [4.78, 5) is 0. The van der Waals surface area contributed by atoms with Gasteiger partial charge in [0.25, 0.3) is 0 Å². The SMILES string of the molecule is C=C/C(C)=C(\C=C)CBr. The molecule has 0 unspecified atom stereocenters. The molecule has 0 saturated heterocycles. The van der Waals surface area contributed by atoms with Crippen LogP contribution in [0.3, 0.4) is 0 Å². The van der Waals surface area contributed by atoms with Crippen LogP contribution in [-0.4, -0.2) is 5.33 Å². The second kappa shape index (κ2) is 4.57. The van der Waals surface area contributed by atoms with Gasteiger partial charge in [-0.15, -0.1) is 0 Å². The zero-order chi connectivity index (χ0) is 7.28. The van der Waals surface area contributed by atoms with Gasteiger partial charge >= 0.3 is 0 Å². The molecule has 0 aromatic heterocycles. The Bertz CT molecular complexity index is 143. The molecule has 0 fully saturated rings. The highest BCUT2D eigenvalue weighted by molar-refractivity contribution is 9.09. The summed E-state index contributed by atoms with van der Waals surface area (Å²) in [7, 11) is 0. The van der Waals surface area contributed by atoms with Crippen molar-refractivity contribution in [2.75, 3.05) is 5.33 Å². The predicted octanol–water partition coefficient (Wildman–Crippen LogP) is 3.07. The molecule has 0 N–H and O–H groups in total. The van der Waals surface area contributed by atoms with Gasteiger partial charge in [0.2, 0.25) is 0 Å². The van der Waals surface area contributed by atoms with Gasteiger partial charge < -0.3 is 0 Å². The van der Waals surface area contributed by atoms with Gasteiger partial charge in [-0.05, 0) is 18.1 Å². The molecule has 0 saturated carbocycles. The normalized spacial score (nSPS) is 12.2. The lowest BCUT2D eigenvalue weighted by Crippen LogP contribution is -1.81. The first-order chi connectivity index (χ1) is 4.26. The van der Waals surface area contributed by atoms with Crippen LogP contribution >= 0.6 is 15.9 Å². The molecule has 1 heteroatoms. The summed E-state index contributed by atoms with van der Waals surface area (Å²) in [5, 5.41) is 0.856. The predicted molar refractivity (Wildman–Crippen MR) is 46.9 cm³/mol. The molecule has 9 heavy (non-hydrogen) atoms. The van der Waals surface area contributed by atoms with Crippen molar-refractivity contribution >= 4 is 15.9 Å². The minimum atomic E-state index is 0.856. The molecule has 0 bridgehead atoms. The fourth-order valence-corrected chi connectivity index (χ4v) is 1.12. The number of rotatable bonds is 3. The minimum absolute atomic E-state index is 0.856. The summed E-state index contributed by atoms with van der Waals surface area (Å²) >= 11 is 3.34. The highest BCUT2D eigenvalue weighted by atomic mass is 79.9. The summed E-state index contributed by atoms with van der Waals surface area (Å²) in [6, 6.07) is 0. The standard InChI is InChI=1S/C8H11Br/c1-4-7(3)8(5-2)6-9/h4-5H,1-2,6H2,3H3/b8-7+. The van der Waals surface area contributed by atoms with Crippen molar-refractivity contribution in [1.29, 1.82) is 0 Å². The first-order valence-electron chi connectivity index (χ1n) is 2.76. The average molecular weight is 187 g/mol. The van der Waals surface area contributed by atoms with E-state index in [0.29, 0.717) is 0 Å². The van der Waals surface area contributed by atoms with Gasteiger partial charge in [-0.1, -0.05) is 41.2 Å². The van der Waals surface area contributed by atoms with E-state index in [0.717, 1.165) is 5.33 Å². The molecule has 0 radical (unpaired) electrons. The van der Waals surface area contributed by atoms with Crippen molar-refractivity contribution in [1.82, 2.24) is 0 Å². The molecule has 0 amide bonds. The Labute approximate surface area is 65.1 Å². The van der Waals surface area contributed by atoms with Gasteiger partial charge in [-0.2, -0.15) is 0 Å². The molecule has 0 rings (SSSR count). The van der Waals surface area contributed by atoms with Crippen molar-refractivity contribution in [2.45, 2.75) is 6.92 Å². The van der Waals surface area contributed by atoms with E-state index in [-0.39, 0.29) is 0 Å². The Morgan fingerprint density at radius 1 is 1.44 bits per heavy atom. The molecule has 0 spiro atoms.